The lowest BCUT2D eigenvalue weighted by Gasteiger charge is -2.33. The van der Waals surface area contributed by atoms with Crippen LogP contribution in [0.5, 0.6) is 0 Å². The fourth-order valence-electron chi connectivity index (χ4n) is 3.20. The molecule has 24 heavy (non-hydrogen) atoms. The number of hydrogen-bond donors (Lipinski definition) is 1. The molecule has 2 amide bonds. The van der Waals surface area contributed by atoms with E-state index in [1.54, 1.807) is 17.4 Å². The molecular weight excluding hydrogens is 320 g/mol. The Labute approximate surface area is 146 Å². The largest absolute Gasteiger partial charge is 0.352 e. The zero-order valence-electron chi connectivity index (χ0n) is 14.0. The van der Waals surface area contributed by atoms with Crippen LogP contribution in [0.2, 0.25) is 0 Å². The summed E-state index contributed by atoms with van der Waals surface area (Å²) in [6.07, 6.45) is 1.26. The van der Waals surface area contributed by atoms with Gasteiger partial charge >= 0.3 is 0 Å². The summed E-state index contributed by atoms with van der Waals surface area (Å²) >= 11 is 1.77. The number of nitrogens with one attached hydrogen (secondary N) is 1. The minimum atomic E-state index is -0.118. The summed E-state index contributed by atoms with van der Waals surface area (Å²) < 4.78 is 0. The standard InChI is InChI=1S/C19H22N2O2S/c1-13-5-3-4-6-15(13)19(23)20-10-7-18(22)21-11-8-17-16(14(21)2)9-12-24-17/h3-6,9,12,14H,7-8,10-11H2,1-2H3,(H,20,23)/t14-/m1/s1. The summed E-state index contributed by atoms with van der Waals surface area (Å²) in [7, 11) is 0. The van der Waals surface area contributed by atoms with Crippen LogP contribution >= 0.6 is 11.3 Å². The average molecular weight is 342 g/mol. The van der Waals surface area contributed by atoms with E-state index in [1.807, 2.05) is 30.0 Å². The van der Waals surface area contributed by atoms with Crippen LogP contribution in [0.1, 0.15) is 45.7 Å². The average Bonchev–Trinajstić information content (AvgIpc) is 3.05. The molecule has 0 bridgehead atoms. The third-order valence-electron chi connectivity index (χ3n) is 4.61. The molecule has 1 aromatic heterocycles. The van der Waals surface area contributed by atoms with Gasteiger partial charge in [-0.05, 0) is 48.9 Å². The topological polar surface area (TPSA) is 49.4 Å². The first kappa shape index (κ1) is 16.7. The zero-order chi connectivity index (χ0) is 17.1. The van der Waals surface area contributed by atoms with Gasteiger partial charge in [0.1, 0.15) is 0 Å². The van der Waals surface area contributed by atoms with Gasteiger partial charge in [0.25, 0.3) is 5.91 Å². The highest BCUT2D eigenvalue weighted by molar-refractivity contribution is 7.10. The first-order chi connectivity index (χ1) is 11.6. The molecule has 0 unspecified atom stereocenters. The van der Waals surface area contributed by atoms with Crippen molar-refractivity contribution in [3.05, 3.63) is 57.3 Å². The second kappa shape index (κ2) is 7.18. The number of benzene rings is 1. The molecule has 1 aromatic carbocycles. The molecule has 2 heterocycles. The Morgan fingerprint density at radius 3 is 2.88 bits per heavy atom. The number of carbonyl (C=O) groups excluding carboxylic acids is 2. The minimum Gasteiger partial charge on any atom is -0.352 e. The molecule has 1 aliphatic rings. The van der Waals surface area contributed by atoms with E-state index in [0.717, 1.165) is 18.5 Å². The van der Waals surface area contributed by atoms with Gasteiger partial charge in [-0.2, -0.15) is 0 Å². The highest BCUT2D eigenvalue weighted by Crippen LogP contribution is 2.32. The normalized spacial score (nSPS) is 16.6. The number of aryl methyl sites for hydroxylation is 1. The van der Waals surface area contributed by atoms with Gasteiger partial charge in [0.2, 0.25) is 5.91 Å². The molecule has 0 fully saturated rings. The number of nitrogens with zero attached hydrogens (tertiary/aromatic N) is 1. The molecular formula is C19H22N2O2S. The Hall–Kier alpha value is -2.14. The van der Waals surface area contributed by atoms with Crippen molar-refractivity contribution in [2.75, 3.05) is 13.1 Å². The van der Waals surface area contributed by atoms with E-state index in [4.69, 9.17) is 0 Å². The van der Waals surface area contributed by atoms with Crippen LogP contribution in [0.15, 0.2) is 35.7 Å². The third kappa shape index (κ3) is 3.36. The highest BCUT2D eigenvalue weighted by atomic mass is 32.1. The minimum absolute atomic E-state index is 0.101. The Balaban J connectivity index is 1.53. The molecule has 1 aliphatic heterocycles. The summed E-state index contributed by atoms with van der Waals surface area (Å²) in [6.45, 7) is 5.12. The first-order valence-electron chi connectivity index (χ1n) is 8.27. The maximum Gasteiger partial charge on any atom is 0.251 e. The third-order valence-corrected chi connectivity index (χ3v) is 5.61. The van der Waals surface area contributed by atoms with Crippen molar-refractivity contribution >= 4 is 23.2 Å². The Kier molecular flexibility index (Phi) is 5.00. The Bertz CT molecular complexity index is 753. The second-order valence-electron chi connectivity index (χ2n) is 6.13. The molecule has 2 aromatic rings. The predicted molar refractivity (Wildman–Crippen MR) is 96.3 cm³/mol. The molecule has 0 saturated heterocycles. The van der Waals surface area contributed by atoms with Crippen molar-refractivity contribution in [3.63, 3.8) is 0 Å². The maximum atomic E-state index is 12.5. The predicted octanol–water partition coefficient (Wildman–Crippen LogP) is 3.32. The number of rotatable bonds is 4. The zero-order valence-corrected chi connectivity index (χ0v) is 14.9. The molecule has 0 saturated carbocycles. The molecule has 0 aliphatic carbocycles. The van der Waals surface area contributed by atoms with E-state index in [9.17, 15) is 9.59 Å². The van der Waals surface area contributed by atoms with Crippen molar-refractivity contribution in [2.45, 2.75) is 32.7 Å². The van der Waals surface area contributed by atoms with Crippen molar-refractivity contribution in [1.82, 2.24) is 10.2 Å². The highest BCUT2D eigenvalue weighted by Gasteiger charge is 2.27. The Morgan fingerprint density at radius 2 is 2.08 bits per heavy atom. The molecule has 5 heteroatoms. The second-order valence-corrected chi connectivity index (χ2v) is 7.13. The molecule has 126 valence electrons. The van der Waals surface area contributed by atoms with Crippen LogP contribution in [0.3, 0.4) is 0 Å². The summed E-state index contributed by atoms with van der Waals surface area (Å²) in [5.74, 6) is -0.0165. The van der Waals surface area contributed by atoms with Crippen LogP contribution in [-0.2, 0) is 11.2 Å². The molecule has 0 spiro atoms. The number of carbonyl (C=O) groups is 2. The fraction of sp³-hybridized carbons (Fsp3) is 0.368. The quantitative estimate of drug-likeness (QED) is 0.926. The maximum absolute atomic E-state index is 12.5. The summed E-state index contributed by atoms with van der Waals surface area (Å²) in [6, 6.07) is 9.71. The van der Waals surface area contributed by atoms with Gasteiger partial charge in [0.15, 0.2) is 0 Å². The van der Waals surface area contributed by atoms with Gasteiger partial charge in [-0.3, -0.25) is 9.59 Å². The van der Waals surface area contributed by atoms with E-state index < -0.39 is 0 Å². The van der Waals surface area contributed by atoms with E-state index in [-0.39, 0.29) is 17.9 Å². The first-order valence-corrected chi connectivity index (χ1v) is 9.15. The van der Waals surface area contributed by atoms with Gasteiger partial charge in [0.05, 0.1) is 6.04 Å². The van der Waals surface area contributed by atoms with Gasteiger partial charge in [-0.1, -0.05) is 18.2 Å². The lowest BCUT2D eigenvalue weighted by molar-refractivity contribution is -0.133. The van der Waals surface area contributed by atoms with Crippen LogP contribution in [-0.4, -0.2) is 29.8 Å². The molecule has 1 N–H and O–H groups in total. The van der Waals surface area contributed by atoms with Gasteiger partial charge in [0, 0.05) is 30.0 Å². The van der Waals surface area contributed by atoms with Crippen LogP contribution in [0, 0.1) is 6.92 Å². The van der Waals surface area contributed by atoms with E-state index in [2.05, 4.69) is 23.7 Å². The van der Waals surface area contributed by atoms with Crippen LogP contribution < -0.4 is 5.32 Å². The molecule has 4 nitrogen and oxygen atoms in total. The smallest absolute Gasteiger partial charge is 0.251 e. The fourth-order valence-corrected chi connectivity index (χ4v) is 4.16. The van der Waals surface area contributed by atoms with Crippen molar-refractivity contribution < 1.29 is 9.59 Å². The van der Waals surface area contributed by atoms with Crippen LogP contribution in [0.25, 0.3) is 0 Å². The van der Waals surface area contributed by atoms with Gasteiger partial charge < -0.3 is 10.2 Å². The lowest BCUT2D eigenvalue weighted by atomic mass is 10.0. The van der Waals surface area contributed by atoms with Gasteiger partial charge in [-0.15, -0.1) is 11.3 Å². The lowest BCUT2D eigenvalue weighted by Crippen LogP contribution is -2.40. The van der Waals surface area contributed by atoms with Crippen LogP contribution in [0.4, 0.5) is 0 Å². The van der Waals surface area contributed by atoms with Crippen molar-refractivity contribution in [2.24, 2.45) is 0 Å². The summed E-state index contributed by atoms with van der Waals surface area (Å²) in [4.78, 5) is 28.0. The monoisotopic (exact) mass is 342 g/mol. The van der Waals surface area contributed by atoms with Crippen molar-refractivity contribution in [3.8, 4) is 0 Å². The molecule has 1 atom stereocenters. The summed E-state index contributed by atoms with van der Waals surface area (Å²) in [5, 5.41) is 4.95. The number of fused-ring (bicyclic) bond motifs is 1. The number of thiophene rings is 1. The number of amides is 2. The summed E-state index contributed by atoms with van der Waals surface area (Å²) in [5.41, 5.74) is 2.87. The van der Waals surface area contributed by atoms with Crippen molar-refractivity contribution in [1.29, 1.82) is 0 Å². The Morgan fingerprint density at radius 1 is 1.29 bits per heavy atom. The van der Waals surface area contributed by atoms with E-state index in [0.29, 0.717) is 18.5 Å². The van der Waals surface area contributed by atoms with E-state index >= 15 is 0 Å². The number of hydrogen-bond acceptors (Lipinski definition) is 3. The van der Waals surface area contributed by atoms with E-state index in [1.165, 1.54) is 10.4 Å². The SMILES string of the molecule is Cc1ccccc1C(=O)NCCC(=O)N1CCc2sccc2[C@H]1C. The molecule has 0 radical (unpaired) electrons. The molecule has 3 rings (SSSR count). The van der Waals surface area contributed by atoms with Gasteiger partial charge in [-0.25, -0.2) is 0 Å².